The van der Waals surface area contributed by atoms with E-state index in [0.717, 1.165) is 58.8 Å². The summed E-state index contributed by atoms with van der Waals surface area (Å²) in [6.07, 6.45) is -77.4. The Balaban J connectivity index is 0.00000269. The number of carbonyl (C=O) groups excluding carboxylic acids is 6. The van der Waals surface area contributed by atoms with Crippen molar-refractivity contribution in [1.82, 2.24) is 0 Å². The van der Waals surface area contributed by atoms with Crippen LogP contribution in [0.15, 0.2) is 0 Å². The lowest BCUT2D eigenvalue weighted by Gasteiger charge is -2.51. The van der Waals surface area contributed by atoms with E-state index < -0.39 is 295 Å². The molecular weight excluding hydrogens is 1890 g/mol. The molecule has 0 aromatic rings. The SMILES string of the molecule is CCSCC1OC2OC3C(CSCC)OC(OC4C(CSCCC(=O)O)OC(OC5C(CSCCC(=O)O)OC(OC6C(CSCCC(=O)O)OC(OC7C(CSCCC(=O)O)OC(OC8C(CSCCC(=O)O)OC(OC9C(CSCC)OC(OC1C(O)C2O)C(O)C9O)C(O)C8O)C(O)C7O)C(O)C6O)C(O)C5O)C(O)C4O)C(O)C3O.O=C=O.O=C=O.O=C=O. The van der Waals surface area contributed by atoms with Gasteiger partial charge >= 0.3 is 48.3 Å². The van der Waals surface area contributed by atoms with Crippen molar-refractivity contribution in [1.29, 1.82) is 0 Å². The standard InChI is InChI=1S/C69H112O42S8.3CO2/c1-4-112-17-25-54-38(80)46(88)62(96-25)105-55-26(18-113-5-2)98-64(48(90)40(55)82)107-57-28(20-115-12-7-33(70)71)100-66(50(92)42(57)84)109-59-30(22-117-14-9-35(74)75)102-68(52(94)44(59)86)111-61-32(24-119-16-11-37(78)79)103-69(53(95)45(61)87)110-60-31(23-118-15-10-36(76)77)101-67(51(93)43(60)85)108-58-29(21-116-13-8-34(72)73)99-65(49(91)41(58)83)106-56-27(19-114-6-3)97-63(104-54)47(89)39(56)81;3*2-1-3/h25-32,38-69,80-95H,4-24H2,1-3H3,(H,70,71)(H,72,73)(H,74,75)(H,76,77)(H,78,79);;;. The first-order chi connectivity index (χ1) is 60.9. The molecule has 128 heavy (non-hydrogen) atoms. The van der Waals surface area contributed by atoms with E-state index in [1.807, 2.05) is 0 Å². The first kappa shape index (κ1) is 114. The Morgan fingerprint density at radius 2 is 0.312 bits per heavy atom. The fraction of sp³-hybridized carbons (Fsp3) is 0.889. The number of hydrogen-bond donors (Lipinski definition) is 21. The highest BCUT2D eigenvalue weighted by molar-refractivity contribution is 8.00. The average Bonchev–Trinajstić information content (AvgIpc) is 0.770. The van der Waals surface area contributed by atoms with E-state index in [1.165, 1.54) is 35.3 Å². The highest BCUT2D eigenvalue weighted by atomic mass is 32.2. The Kier molecular flexibility index (Phi) is 51.5. The second kappa shape index (κ2) is 57.9. The summed E-state index contributed by atoms with van der Waals surface area (Å²) in [4.78, 5) is 108. The zero-order chi connectivity index (χ0) is 94.9. The fourth-order valence-corrected chi connectivity index (χ4v) is 21.4. The molecule has 30 rings (SSSR count). The van der Waals surface area contributed by atoms with Crippen LogP contribution in [0, 0.1) is 0 Å². The minimum Gasteiger partial charge on any atom is -0.481 e. The highest BCUT2D eigenvalue weighted by Gasteiger charge is 2.61. The summed E-state index contributed by atoms with van der Waals surface area (Å²) in [5, 5.41) is 242. The number of aliphatic hydroxyl groups is 16. The zero-order valence-corrected chi connectivity index (χ0v) is 75.2. The summed E-state index contributed by atoms with van der Waals surface area (Å²) in [7, 11) is 0. The Hall–Kier alpha value is -2.99. The predicted molar refractivity (Wildman–Crippen MR) is 436 cm³/mol. The van der Waals surface area contributed by atoms with Gasteiger partial charge in [0.05, 0.1) is 80.9 Å². The molecule has 21 N–H and O–H groups in total. The number of carbonyl (C=O) groups is 5. The molecule has 30 aliphatic heterocycles. The smallest absolute Gasteiger partial charge is 0.373 e. The lowest BCUT2D eigenvalue weighted by atomic mass is 9.95. The van der Waals surface area contributed by atoms with Crippen molar-refractivity contribution < 1.29 is 236 Å². The minimum atomic E-state index is -2.27. The monoisotopic (exact) mass is 2000 g/mol. The Morgan fingerprint density at radius 3 is 0.414 bits per heavy atom. The van der Waals surface area contributed by atoms with Crippen molar-refractivity contribution in [3.63, 3.8) is 0 Å². The molecule has 30 saturated heterocycles. The van der Waals surface area contributed by atoms with Gasteiger partial charge in [-0.3, -0.25) is 24.0 Å². The van der Waals surface area contributed by atoms with E-state index in [4.69, 9.17) is 105 Å². The average molecular weight is 2000 g/mol. The van der Waals surface area contributed by atoms with Crippen molar-refractivity contribution in [2.75, 3.05) is 92.0 Å². The van der Waals surface area contributed by atoms with Crippen LogP contribution in [0.1, 0.15) is 52.9 Å². The molecule has 40 atom stereocenters. The molecule has 56 heteroatoms. The molecule has 0 aromatic heterocycles. The Bertz CT molecular complexity index is 3330. The lowest BCUT2D eigenvalue weighted by molar-refractivity contribution is -0.396. The first-order valence-electron chi connectivity index (χ1n) is 40.0. The summed E-state index contributed by atoms with van der Waals surface area (Å²) < 4.78 is 101. The number of carboxylic acid groups (broad SMARTS) is 5. The fourth-order valence-electron chi connectivity index (χ4n) is 14.3. The molecule has 0 amide bonds. The molecule has 30 heterocycles. The number of aliphatic hydroxyl groups excluding tert-OH is 16. The van der Waals surface area contributed by atoms with Gasteiger partial charge in [-0.15, -0.1) is 0 Å². The van der Waals surface area contributed by atoms with Gasteiger partial charge in [0.15, 0.2) is 50.3 Å². The summed E-state index contributed by atoms with van der Waals surface area (Å²) in [6, 6.07) is 0. The Morgan fingerprint density at radius 1 is 0.203 bits per heavy atom. The quantitative estimate of drug-likeness (QED) is 0.0266. The maximum absolute atomic E-state index is 12.3. The van der Waals surface area contributed by atoms with Gasteiger partial charge in [0.25, 0.3) is 0 Å². The maximum atomic E-state index is 12.3. The molecule has 0 aromatic carbocycles. The Labute approximate surface area is 764 Å². The van der Waals surface area contributed by atoms with E-state index in [9.17, 15) is 131 Å². The van der Waals surface area contributed by atoms with E-state index in [-0.39, 0.29) is 106 Å². The van der Waals surface area contributed by atoms with Crippen LogP contribution in [0.25, 0.3) is 0 Å². The van der Waals surface area contributed by atoms with Crippen LogP contribution in [-0.4, -0.2) is 493 Å². The van der Waals surface area contributed by atoms with Crippen molar-refractivity contribution in [2.24, 2.45) is 0 Å². The molecule has 40 unspecified atom stereocenters. The van der Waals surface area contributed by atoms with Crippen LogP contribution >= 0.6 is 94.1 Å². The third-order valence-corrected chi connectivity index (χ3v) is 28.8. The normalized spacial score (nSPS) is 41.0. The second-order valence-electron chi connectivity index (χ2n) is 29.3. The number of thioether (sulfide) groups is 8. The highest BCUT2D eigenvalue weighted by Crippen LogP contribution is 2.43. The van der Waals surface area contributed by atoms with Gasteiger partial charge in [0, 0.05) is 74.8 Å². The van der Waals surface area contributed by atoms with E-state index in [1.54, 1.807) is 20.8 Å². The topological polar surface area (TPSA) is 760 Å². The zero-order valence-electron chi connectivity index (χ0n) is 68.6. The van der Waals surface area contributed by atoms with Crippen LogP contribution in [0.5, 0.6) is 0 Å². The molecule has 0 aliphatic carbocycles. The van der Waals surface area contributed by atoms with Crippen LogP contribution in [0.4, 0.5) is 0 Å². The molecule has 0 radical (unpaired) electrons. The number of ether oxygens (including phenoxy) is 16. The predicted octanol–water partition coefficient (Wildman–Crippen LogP) is -7.80. The van der Waals surface area contributed by atoms with Crippen molar-refractivity contribution >= 4 is 142 Å². The number of hydrogen-bond acceptors (Lipinski definition) is 51. The van der Waals surface area contributed by atoms with Crippen LogP contribution in [-0.2, 0) is 129 Å². The summed E-state index contributed by atoms with van der Waals surface area (Å²) >= 11 is 8.48. The van der Waals surface area contributed by atoms with Crippen LogP contribution in [0.2, 0.25) is 0 Å². The van der Waals surface area contributed by atoms with Crippen molar-refractivity contribution in [3.05, 3.63) is 0 Å². The largest absolute Gasteiger partial charge is 0.481 e. The van der Waals surface area contributed by atoms with E-state index >= 15 is 0 Å². The van der Waals surface area contributed by atoms with Gasteiger partial charge in [-0.05, 0) is 17.3 Å². The molecule has 48 nitrogen and oxygen atoms in total. The third kappa shape index (κ3) is 32.9. The van der Waals surface area contributed by atoms with Gasteiger partial charge in [0.1, 0.15) is 146 Å². The van der Waals surface area contributed by atoms with Gasteiger partial charge < -0.3 is 183 Å². The van der Waals surface area contributed by atoms with Gasteiger partial charge in [-0.1, -0.05) is 20.8 Å². The molecule has 0 saturated carbocycles. The first-order valence-corrected chi connectivity index (χ1v) is 49.2. The summed E-state index contributed by atoms with van der Waals surface area (Å²) in [6.45, 7) is 5.37. The minimum absolute atomic E-state index is 0.0165. The van der Waals surface area contributed by atoms with Crippen LogP contribution < -0.4 is 0 Å². The van der Waals surface area contributed by atoms with E-state index in [0.29, 0.717) is 17.3 Å². The number of rotatable bonds is 34. The maximum Gasteiger partial charge on any atom is 0.373 e. The van der Waals surface area contributed by atoms with Crippen molar-refractivity contribution in [3.8, 4) is 0 Å². The number of aliphatic carboxylic acids is 5. The molecule has 30 fully saturated rings. The molecule has 16 bridgehead atoms. The number of carboxylic acids is 5. The second-order valence-corrected chi connectivity index (χ2v) is 39.0. The summed E-state index contributed by atoms with van der Waals surface area (Å²) in [5.74, 6) is -6.88. The molecular formula is C72H112O48S8. The van der Waals surface area contributed by atoms with E-state index in [2.05, 4.69) is 0 Å². The van der Waals surface area contributed by atoms with Gasteiger partial charge in [-0.2, -0.15) is 123 Å². The third-order valence-electron chi connectivity index (χ3n) is 20.6. The van der Waals surface area contributed by atoms with Crippen LogP contribution in [0.3, 0.4) is 0 Å². The van der Waals surface area contributed by atoms with Gasteiger partial charge in [-0.25, -0.2) is 0 Å². The van der Waals surface area contributed by atoms with Gasteiger partial charge in [0.2, 0.25) is 0 Å². The summed E-state index contributed by atoms with van der Waals surface area (Å²) in [5.41, 5.74) is 0. The lowest BCUT2D eigenvalue weighted by Crippen LogP contribution is -2.69. The molecule has 30 aliphatic rings. The molecule has 0 spiro atoms. The van der Waals surface area contributed by atoms with Crippen molar-refractivity contribution in [2.45, 2.75) is 299 Å². The molecule has 736 valence electrons.